The Bertz CT molecular complexity index is 1170. The predicted molar refractivity (Wildman–Crippen MR) is 110 cm³/mol. The molecule has 0 amide bonds. The first-order valence-electron chi connectivity index (χ1n) is 9.23. The van der Waals surface area contributed by atoms with Crippen LogP contribution in [-0.2, 0) is 15.7 Å². The van der Waals surface area contributed by atoms with Gasteiger partial charge in [0.25, 0.3) is 0 Å². The van der Waals surface area contributed by atoms with Crippen molar-refractivity contribution >= 4 is 23.3 Å². The highest BCUT2D eigenvalue weighted by Crippen LogP contribution is 2.38. The largest absolute Gasteiger partial charge is 0.465 e. The minimum Gasteiger partial charge on any atom is -0.465 e. The quantitative estimate of drug-likeness (QED) is 0.340. The van der Waals surface area contributed by atoms with Crippen molar-refractivity contribution in [1.29, 1.82) is 0 Å². The average Bonchev–Trinajstić information content (AvgIpc) is 2.81. The van der Waals surface area contributed by atoms with Crippen LogP contribution in [0.1, 0.15) is 26.3 Å². The van der Waals surface area contributed by atoms with Crippen molar-refractivity contribution in [3.8, 4) is 11.1 Å². The first-order valence-corrected chi connectivity index (χ1v) is 9.23. The molecular formula is C23H17F3N2O4. The van der Waals surface area contributed by atoms with Crippen LogP contribution in [0.3, 0.4) is 0 Å². The highest BCUT2D eigenvalue weighted by atomic mass is 19.4. The van der Waals surface area contributed by atoms with Crippen LogP contribution in [0.2, 0.25) is 0 Å². The van der Waals surface area contributed by atoms with Crippen molar-refractivity contribution in [2.45, 2.75) is 6.18 Å². The molecule has 0 radical (unpaired) electrons. The molecule has 0 saturated heterocycles. The molecule has 32 heavy (non-hydrogen) atoms. The molecule has 3 aromatic rings. The van der Waals surface area contributed by atoms with E-state index in [2.05, 4.69) is 15.0 Å². The van der Waals surface area contributed by atoms with Crippen LogP contribution < -0.4 is 0 Å². The summed E-state index contributed by atoms with van der Waals surface area (Å²) in [5.41, 5.74) is 0.419. The maximum absolute atomic E-state index is 13.3. The first-order chi connectivity index (χ1) is 15.2. The highest BCUT2D eigenvalue weighted by Gasteiger charge is 2.33. The first kappa shape index (κ1) is 22.7. The topological polar surface area (TPSA) is 77.3 Å². The Labute approximate surface area is 181 Å². The van der Waals surface area contributed by atoms with Crippen LogP contribution in [0.15, 0.2) is 77.0 Å². The minimum atomic E-state index is -4.60. The average molecular weight is 442 g/mol. The molecule has 0 atom stereocenters. The third-order valence-corrected chi connectivity index (χ3v) is 4.51. The fourth-order valence-corrected chi connectivity index (χ4v) is 2.92. The predicted octanol–water partition coefficient (Wildman–Crippen LogP) is 6.36. The summed E-state index contributed by atoms with van der Waals surface area (Å²) in [5.74, 6) is -1.15. The molecule has 0 aliphatic rings. The summed E-state index contributed by atoms with van der Waals surface area (Å²) in [6.45, 7) is 0. The van der Waals surface area contributed by atoms with Gasteiger partial charge in [0.05, 0.1) is 42.3 Å². The third-order valence-electron chi connectivity index (χ3n) is 4.51. The highest BCUT2D eigenvalue weighted by molar-refractivity contribution is 5.93. The van der Waals surface area contributed by atoms with Gasteiger partial charge in [0.15, 0.2) is 0 Å². The number of azo groups is 1. The molecule has 0 unspecified atom stereocenters. The number of ether oxygens (including phenoxy) is 2. The Balaban J connectivity index is 2.09. The summed E-state index contributed by atoms with van der Waals surface area (Å²) >= 11 is 0. The molecule has 0 saturated carbocycles. The number of rotatable bonds is 5. The number of benzene rings is 3. The van der Waals surface area contributed by atoms with Crippen molar-refractivity contribution in [2.24, 2.45) is 10.2 Å². The van der Waals surface area contributed by atoms with Crippen LogP contribution in [0, 0.1) is 0 Å². The molecule has 0 spiro atoms. The Morgan fingerprint density at radius 1 is 0.750 bits per heavy atom. The Hall–Kier alpha value is -4.01. The van der Waals surface area contributed by atoms with E-state index in [-0.39, 0.29) is 16.9 Å². The van der Waals surface area contributed by atoms with E-state index in [0.29, 0.717) is 16.7 Å². The van der Waals surface area contributed by atoms with Gasteiger partial charge >= 0.3 is 18.1 Å². The molecule has 9 heteroatoms. The molecule has 0 bridgehead atoms. The molecule has 3 rings (SSSR count). The lowest BCUT2D eigenvalue weighted by atomic mass is 10.0. The van der Waals surface area contributed by atoms with Gasteiger partial charge in [-0.25, -0.2) is 9.59 Å². The maximum Gasteiger partial charge on any atom is 0.418 e. The van der Waals surface area contributed by atoms with E-state index >= 15 is 0 Å². The summed E-state index contributed by atoms with van der Waals surface area (Å²) in [7, 11) is 2.47. The van der Waals surface area contributed by atoms with Crippen molar-refractivity contribution in [2.75, 3.05) is 14.2 Å². The van der Waals surface area contributed by atoms with Crippen molar-refractivity contribution in [3.63, 3.8) is 0 Å². The number of nitrogens with zero attached hydrogens (tertiary/aromatic N) is 2. The molecule has 164 valence electrons. The molecule has 0 N–H and O–H groups in total. The number of carbonyl (C=O) groups excluding carboxylic acids is 2. The van der Waals surface area contributed by atoms with Gasteiger partial charge in [-0.05, 0) is 42.0 Å². The number of esters is 2. The van der Waals surface area contributed by atoms with Gasteiger partial charge in [-0.3, -0.25) is 0 Å². The molecule has 0 aromatic heterocycles. The van der Waals surface area contributed by atoms with E-state index in [9.17, 15) is 22.8 Å². The number of methoxy groups -OCH3 is 2. The second kappa shape index (κ2) is 9.42. The number of hydrogen-bond donors (Lipinski definition) is 0. The normalized spacial score (nSPS) is 11.4. The lowest BCUT2D eigenvalue weighted by Crippen LogP contribution is -2.04. The maximum atomic E-state index is 13.3. The summed E-state index contributed by atoms with van der Waals surface area (Å²) in [4.78, 5) is 23.6. The van der Waals surface area contributed by atoms with E-state index in [1.807, 2.05) is 0 Å². The zero-order valence-electron chi connectivity index (χ0n) is 17.0. The van der Waals surface area contributed by atoms with Crippen LogP contribution in [0.25, 0.3) is 11.1 Å². The summed E-state index contributed by atoms with van der Waals surface area (Å²) in [6.07, 6.45) is -4.60. The molecule has 0 fully saturated rings. The fourth-order valence-electron chi connectivity index (χ4n) is 2.92. The molecular weight excluding hydrogens is 425 g/mol. The summed E-state index contributed by atoms with van der Waals surface area (Å²) in [6, 6.07) is 15.5. The molecule has 0 heterocycles. The molecule has 0 aliphatic carbocycles. The van der Waals surface area contributed by atoms with Crippen LogP contribution in [-0.4, -0.2) is 26.2 Å². The molecule has 0 aliphatic heterocycles. The zero-order valence-corrected chi connectivity index (χ0v) is 17.0. The Morgan fingerprint density at radius 3 is 1.94 bits per heavy atom. The van der Waals surface area contributed by atoms with E-state index in [1.165, 1.54) is 56.7 Å². The van der Waals surface area contributed by atoms with Gasteiger partial charge in [0, 0.05) is 5.56 Å². The van der Waals surface area contributed by atoms with Gasteiger partial charge in [0.2, 0.25) is 0 Å². The molecule has 6 nitrogen and oxygen atoms in total. The van der Waals surface area contributed by atoms with Crippen LogP contribution in [0.5, 0.6) is 0 Å². The summed E-state index contributed by atoms with van der Waals surface area (Å²) in [5, 5.41) is 7.80. The minimum absolute atomic E-state index is 0.149. The second-order valence-corrected chi connectivity index (χ2v) is 6.51. The van der Waals surface area contributed by atoms with Crippen molar-refractivity contribution in [1.82, 2.24) is 0 Å². The number of hydrogen-bond acceptors (Lipinski definition) is 6. The monoisotopic (exact) mass is 442 g/mol. The Kier molecular flexibility index (Phi) is 6.67. The van der Waals surface area contributed by atoms with E-state index < -0.39 is 23.7 Å². The SMILES string of the molecule is COC(=O)c1ccc(-c2ccc(C(=O)OC)cc2N=Nc2ccccc2C(F)(F)F)cc1. The number of alkyl halides is 3. The number of halogens is 3. The lowest BCUT2D eigenvalue weighted by molar-refractivity contribution is -0.137. The second-order valence-electron chi connectivity index (χ2n) is 6.51. The molecule has 3 aromatic carbocycles. The van der Waals surface area contributed by atoms with Gasteiger partial charge in [-0.1, -0.05) is 30.3 Å². The smallest absolute Gasteiger partial charge is 0.418 e. The van der Waals surface area contributed by atoms with Gasteiger partial charge in [0.1, 0.15) is 0 Å². The van der Waals surface area contributed by atoms with E-state index in [4.69, 9.17) is 4.74 Å². The van der Waals surface area contributed by atoms with E-state index in [0.717, 1.165) is 6.07 Å². The summed E-state index contributed by atoms with van der Waals surface area (Å²) < 4.78 is 49.2. The van der Waals surface area contributed by atoms with Gasteiger partial charge < -0.3 is 9.47 Å². The van der Waals surface area contributed by atoms with Crippen LogP contribution >= 0.6 is 0 Å². The van der Waals surface area contributed by atoms with Gasteiger partial charge in [-0.2, -0.15) is 13.2 Å². The standard InChI is InChI=1S/C23H17F3N2O4/c1-31-21(29)15-9-7-14(8-10-15)17-12-11-16(22(30)32-2)13-20(17)28-27-19-6-4-3-5-18(19)23(24,25)26/h3-13H,1-2H3. The van der Waals surface area contributed by atoms with Crippen molar-refractivity contribution in [3.05, 3.63) is 83.4 Å². The number of carbonyl (C=O) groups is 2. The Morgan fingerprint density at radius 2 is 1.31 bits per heavy atom. The van der Waals surface area contributed by atoms with Gasteiger partial charge in [-0.15, -0.1) is 10.2 Å². The van der Waals surface area contributed by atoms with E-state index in [1.54, 1.807) is 18.2 Å². The third kappa shape index (κ3) is 5.00. The fraction of sp³-hybridized carbons (Fsp3) is 0.130. The van der Waals surface area contributed by atoms with Crippen molar-refractivity contribution < 1.29 is 32.2 Å². The van der Waals surface area contributed by atoms with Crippen LogP contribution in [0.4, 0.5) is 24.5 Å². The lowest BCUT2D eigenvalue weighted by Gasteiger charge is -2.10. The zero-order chi connectivity index (χ0) is 23.3.